The molecule has 94 valence electrons. The summed E-state index contributed by atoms with van der Waals surface area (Å²) < 4.78 is 26.6. The van der Waals surface area contributed by atoms with Gasteiger partial charge in [0.1, 0.15) is 0 Å². The van der Waals surface area contributed by atoms with Crippen molar-refractivity contribution in [2.45, 2.75) is 26.2 Å². The van der Waals surface area contributed by atoms with Crippen molar-refractivity contribution >= 4 is 0 Å². The average molecular weight is 239 g/mol. The first-order valence-corrected chi connectivity index (χ1v) is 6.24. The van der Waals surface area contributed by atoms with E-state index < -0.39 is 11.6 Å². The quantitative estimate of drug-likeness (QED) is 0.831. The minimum Gasteiger partial charge on any atom is -0.316 e. The van der Waals surface area contributed by atoms with Crippen LogP contribution in [-0.4, -0.2) is 13.1 Å². The number of benzene rings is 1. The van der Waals surface area contributed by atoms with Gasteiger partial charge in [0.25, 0.3) is 0 Å². The molecule has 1 fully saturated rings. The van der Waals surface area contributed by atoms with E-state index in [2.05, 4.69) is 19.2 Å². The van der Waals surface area contributed by atoms with Gasteiger partial charge in [-0.15, -0.1) is 0 Å². The minimum atomic E-state index is -0.733. The Balaban J connectivity index is 1.88. The first-order chi connectivity index (χ1) is 8.09. The van der Waals surface area contributed by atoms with Crippen molar-refractivity contribution in [3.63, 3.8) is 0 Å². The summed E-state index contributed by atoms with van der Waals surface area (Å²) in [4.78, 5) is 0. The Morgan fingerprint density at radius 2 is 2.12 bits per heavy atom. The fraction of sp³-hybridized carbons (Fsp3) is 0.571. The van der Waals surface area contributed by atoms with E-state index in [-0.39, 0.29) is 5.92 Å². The maximum Gasteiger partial charge on any atom is 0.162 e. The van der Waals surface area contributed by atoms with Crippen LogP contribution in [0, 0.1) is 23.5 Å². The van der Waals surface area contributed by atoms with Crippen LogP contribution in [-0.2, 0) is 0 Å². The first-order valence-electron chi connectivity index (χ1n) is 6.24. The fourth-order valence-corrected chi connectivity index (χ4v) is 2.22. The van der Waals surface area contributed by atoms with Crippen LogP contribution < -0.4 is 5.32 Å². The summed E-state index contributed by atoms with van der Waals surface area (Å²) in [5, 5.41) is 3.36. The van der Waals surface area contributed by atoms with Crippen LogP contribution in [0.1, 0.15) is 31.7 Å². The molecular weight excluding hydrogens is 220 g/mol. The topological polar surface area (TPSA) is 12.0 Å². The SMILES string of the molecule is CC(C)CNCC1CC1c1cccc(F)c1F. The van der Waals surface area contributed by atoms with E-state index in [4.69, 9.17) is 0 Å². The van der Waals surface area contributed by atoms with E-state index in [1.807, 2.05) is 0 Å². The van der Waals surface area contributed by atoms with Crippen LogP contribution in [0.2, 0.25) is 0 Å². The van der Waals surface area contributed by atoms with Gasteiger partial charge in [-0.2, -0.15) is 0 Å². The summed E-state index contributed by atoms with van der Waals surface area (Å²) >= 11 is 0. The second-order valence-electron chi connectivity index (χ2n) is 5.30. The Morgan fingerprint density at radius 3 is 2.82 bits per heavy atom. The standard InChI is InChI=1S/C14H19F2N/c1-9(2)7-17-8-10-6-12(10)11-4-3-5-13(15)14(11)16/h3-5,9-10,12,17H,6-8H2,1-2H3. The number of hydrogen-bond donors (Lipinski definition) is 1. The second-order valence-corrected chi connectivity index (χ2v) is 5.30. The molecule has 1 nitrogen and oxygen atoms in total. The Bertz CT molecular complexity index is 390. The molecule has 17 heavy (non-hydrogen) atoms. The Hall–Kier alpha value is -0.960. The monoisotopic (exact) mass is 239 g/mol. The summed E-state index contributed by atoms with van der Waals surface area (Å²) in [6, 6.07) is 4.46. The lowest BCUT2D eigenvalue weighted by molar-refractivity contribution is 0.494. The Labute approximate surface area is 101 Å². The summed E-state index contributed by atoms with van der Waals surface area (Å²) in [6.45, 7) is 6.20. The molecule has 1 N–H and O–H groups in total. The van der Waals surface area contributed by atoms with E-state index >= 15 is 0 Å². The van der Waals surface area contributed by atoms with Gasteiger partial charge in [0, 0.05) is 0 Å². The van der Waals surface area contributed by atoms with Gasteiger partial charge in [0.05, 0.1) is 0 Å². The van der Waals surface area contributed by atoms with E-state index in [0.717, 1.165) is 19.5 Å². The highest BCUT2D eigenvalue weighted by Gasteiger charge is 2.39. The third kappa shape index (κ3) is 3.03. The molecule has 0 saturated heterocycles. The van der Waals surface area contributed by atoms with Gasteiger partial charge in [-0.3, -0.25) is 0 Å². The summed E-state index contributed by atoms with van der Waals surface area (Å²) in [7, 11) is 0. The van der Waals surface area contributed by atoms with Crippen molar-refractivity contribution in [1.29, 1.82) is 0 Å². The van der Waals surface area contributed by atoms with Gasteiger partial charge >= 0.3 is 0 Å². The molecule has 0 spiro atoms. The van der Waals surface area contributed by atoms with Crippen LogP contribution in [0.5, 0.6) is 0 Å². The highest BCUT2D eigenvalue weighted by atomic mass is 19.2. The van der Waals surface area contributed by atoms with E-state index in [0.29, 0.717) is 17.4 Å². The molecular formula is C14H19F2N. The molecule has 1 aliphatic carbocycles. The molecule has 1 aromatic carbocycles. The zero-order valence-electron chi connectivity index (χ0n) is 10.3. The molecule has 1 saturated carbocycles. The average Bonchev–Trinajstić information content (AvgIpc) is 3.01. The van der Waals surface area contributed by atoms with Crippen LogP contribution in [0.3, 0.4) is 0 Å². The third-order valence-corrected chi connectivity index (χ3v) is 3.26. The van der Waals surface area contributed by atoms with Crippen molar-refractivity contribution in [1.82, 2.24) is 5.32 Å². The van der Waals surface area contributed by atoms with Gasteiger partial charge in [0.15, 0.2) is 11.6 Å². The Morgan fingerprint density at radius 1 is 1.35 bits per heavy atom. The Kier molecular flexibility index (Phi) is 3.77. The van der Waals surface area contributed by atoms with E-state index in [1.165, 1.54) is 6.07 Å². The number of nitrogens with one attached hydrogen (secondary N) is 1. The zero-order chi connectivity index (χ0) is 12.4. The summed E-state index contributed by atoms with van der Waals surface area (Å²) in [5.74, 6) is -0.110. The summed E-state index contributed by atoms with van der Waals surface area (Å²) in [6.07, 6.45) is 0.964. The molecule has 1 aliphatic rings. The second kappa shape index (κ2) is 5.13. The van der Waals surface area contributed by atoms with E-state index in [9.17, 15) is 8.78 Å². The van der Waals surface area contributed by atoms with Crippen molar-refractivity contribution in [2.24, 2.45) is 11.8 Å². The van der Waals surface area contributed by atoms with Gasteiger partial charge in [-0.05, 0) is 48.9 Å². The summed E-state index contributed by atoms with van der Waals surface area (Å²) in [5.41, 5.74) is 0.543. The van der Waals surface area contributed by atoms with Crippen molar-refractivity contribution in [3.8, 4) is 0 Å². The van der Waals surface area contributed by atoms with Crippen LogP contribution in [0.25, 0.3) is 0 Å². The van der Waals surface area contributed by atoms with Gasteiger partial charge in [-0.1, -0.05) is 26.0 Å². The van der Waals surface area contributed by atoms with Crippen molar-refractivity contribution in [2.75, 3.05) is 13.1 Å². The molecule has 0 aliphatic heterocycles. The number of halogens is 2. The van der Waals surface area contributed by atoms with Crippen LogP contribution in [0.15, 0.2) is 18.2 Å². The fourth-order valence-electron chi connectivity index (χ4n) is 2.22. The predicted octanol–water partition coefficient (Wildman–Crippen LogP) is 3.31. The zero-order valence-corrected chi connectivity index (χ0v) is 10.3. The first kappa shape index (κ1) is 12.5. The lowest BCUT2D eigenvalue weighted by Gasteiger charge is -2.07. The molecule has 0 bridgehead atoms. The lowest BCUT2D eigenvalue weighted by atomic mass is 10.1. The predicted molar refractivity (Wildman–Crippen MR) is 64.9 cm³/mol. The molecule has 2 unspecified atom stereocenters. The van der Waals surface area contributed by atoms with Crippen molar-refractivity contribution in [3.05, 3.63) is 35.4 Å². The van der Waals surface area contributed by atoms with Crippen LogP contribution >= 0.6 is 0 Å². The normalized spacial score (nSPS) is 23.1. The van der Waals surface area contributed by atoms with Gasteiger partial charge in [-0.25, -0.2) is 8.78 Å². The van der Waals surface area contributed by atoms with Crippen LogP contribution in [0.4, 0.5) is 8.78 Å². The maximum atomic E-state index is 13.5. The molecule has 2 atom stereocenters. The smallest absolute Gasteiger partial charge is 0.162 e. The molecule has 3 heteroatoms. The third-order valence-electron chi connectivity index (χ3n) is 3.26. The molecule has 0 amide bonds. The number of hydrogen-bond acceptors (Lipinski definition) is 1. The highest BCUT2D eigenvalue weighted by molar-refractivity contribution is 5.28. The molecule has 2 rings (SSSR count). The van der Waals surface area contributed by atoms with Gasteiger partial charge < -0.3 is 5.32 Å². The molecule has 0 heterocycles. The largest absolute Gasteiger partial charge is 0.316 e. The highest BCUT2D eigenvalue weighted by Crippen LogP contribution is 2.47. The maximum absolute atomic E-state index is 13.5. The minimum absolute atomic E-state index is 0.199. The molecule has 0 radical (unpaired) electrons. The van der Waals surface area contributed by atoms with Gasteiger partial charge in [0.2, 0.25) is 0 Å². The van der Waals surface area contributed by atoms with Crippen molar-refractivity contribution < 1.29 is 8.78 Å². The van der Waals surface area contributed by atoms with E-state index in [1.54, 1.807) is 12.1 Å². The molecule has 1 aromatic rings. The number of rotatable bonds is 5. The lowest BCUT2D eigenvalue weighted by Crippen LogP contribution is -2.22. The molecule has 0 aromatic heterocycles.